The van der Waals surface area contributed by atoms with Crippen molar-refractivity contribution in [3.8, 4) is 6.01 Å². The van der Waals surface area contributed by atoms with Crippen LogP contribution >= 0.6 is 15.9 Å². The minimum Gasteiger partial charge on any atom is -0.458 e. The fourth-order valence-corrected chi connectivity index (χ4v) is 4.35. The molecule has 1 atom stereocenters. The lowest BCUT2D eigenvalue weighted by Gasteiger charge is -2.32. The summed E-state index contributed by atoms with van der Waals surface area (Å²) >= 11 is 3.27. The van der Waals surface area contributed by atoms with E-state index in [2.05, 4.69) is 25.9 Å². The molecular weight excluding hydrogens is 434 g/mol. The van der Waals surface area contributed by atoms with Gasteiger partial charge < -0.3 is 9.64 Å². The van der Waals surface area contributed by atoms with E-state index in [1.807, 2.05) is 0 Å². The summed E-state index contributed by atoms with van der Waals surface area (Å²) in [5, 5.41) is 0. The van der Waals surface area contributed by atoms with Crippen molar-refractivity contribution >= 4 is 31.7 Å². The first kappa shape index (κ1) is 19.8. The monoisotopic (exact) mass is 453 g/mol. The number of likely N-dealkylation sites (tertiary alicyclic amines) is 1. The lowest BCUT2D eigenvalue weighted by atomic mass is 10.1. The number of sulfone groups is 1. The summed E-state index contributed by atoms with van der Waals surface area (Å²) in [5.74, 6) is -0.382. The number of nitrogens with zero attached hydrogens (tertiary/aromatic N) is 3. The molecule has 2 aromatic rings. The van der Waals surface area contributed by atoms with Crippen LogP contribution in [0.4, 0.5) is 0 Å². The summed E-state index contributed by atoms with van der Waals surface area (Å²) in [6.45, 7) is 1.01. The van der Waals surface area contributed by atoms with Gasteiger partial charge in [0.2, 0.25) is 5.91 Å². The Balaban J connectivity index is 1.54. The van der Waals surface area contributed by atoms with E-state index < -0.39 is 9.84 Å². The van der Waals surface area contributed by atoms with Gasteiger partial charge in [-0.1, -0.05) is 18.2 Å². The fraction of sp³-hybridized carbons (Fsp3) is 0.389. The average Bonchev–Trinajstić information content (AvgIpc) is 2.69. The zero-order chi connectivity index (χ0) is 19.3. The molecule has 2 heterocycles. The van der Waals surface area contributed by atoms with Gasteiger partial charge in [0.1, 0.15) is 6.10 Å². The maximum Gasteiger partial charge on any atom is 0.316 e. The van der Waals surface area contributed by atoms with Crippen molar-refractivity contribution in [2.24, 2.45) is 0 Å². The largest absolute Gasteiger partial charge is 0.458 e. The molecule has 0 N–H and O–H groups in total. The first-order chi connectivity index (χ1) is 12.9. The molecule has 7 nitrogen and oxygen atoms in total. The first-order valence-corrected chi connectivity index (χ1v) is 11.1. The van der Waals surface area contributed by atoms with Gasteiger partial charge in [0.25, 0.3) is 0 Å². The van der Waals surface area contributed by atoms with Gasteiger partial charge in [-0.3, -0.25) is 4.79 Å². The molecule has 0 aliphatic carbocycles. The molecule has 0 spiro atoms. The molecule has 1 aromatic heterocycles. The van der Waals surface area contributed by atoms with E-state index >= 15 is 0 Å². The summed E-state index contributed by atoms with van der Waals surface area (Å²) in [5.41, 5.74) is 0. The molecule has 3 rings (SSSR count). The van der Waals surface area contributed by atoms with Crippen molar-refractivity contribution in [1.29, 1.82) is 0 Å². The third-order valence-electron chi connectivity index (χ3n) is 4.29. The van der Waals surface area contributed by atoms with Gasteiger partial charge in [0, 0.05) is 25.4 Å². The lowest BCUT2D eigenvalue weighted by molar-refractivity contribution is -0.133. The van der Waals surface area contributed by atoms with Gasteiger partial charge in [0.15, 0.2) is 9.84 Å². The number of piperidine rings is 1. The van der Waals surface area contributed by atoms with E-state index in [0.29, 0.717) is 13.1 Å². The van der Waals surface area contributed by atoms with Crippen LogP contribution in [0.3, 0.4) is 0 Å². The van der Waals surface area contributed by atoms with Crippen molar-refractivity contribution in [2.75, 3.05) is 18.8 Å². The molecule has 1 aliphatic heterocycles. The minimum atomic E-state index is -3.46. The molecule has 9 heteroatoms. The van der Waals surface area contributed by atoms with E-state index in [9.17, 15) is 13.2 Å². The van der Waals surface area contributed by atoms with Crippen molar-refractivity contribution < 1.29 is 17.9 Å². The van der Waals surface area contributed by atoms with Crippen LogP contribution in [-0.2, 0) is 14.6 Å². The van der Waals surface area contributed by atoms with Crippen LogP contribution in [-0.4, -0.2) is 54.1 Å². The summed E-state index contributed by atoms with van der Waals surface area (Å²) < 4.78 is 31.2. The number of benzene rings is 1. The Morgan fingerprint density at radius 2 is 1.93 bits per heavy atom. The smallest absolute Gasteiger partial charge is 0.316 e. The summed E-state index contributed by atoms with van der Waals surface area (Å²) in [6.07, 6.45) is 4.54. The third-order valence-corrected chi connectivity index (χ3v) is 6.43. The van der Waals surface area contributed by atoms with E-state index in [0.717, 1.165) is 17.3 Å². The van der Waals surface area contributed by atoms with E-state index in [4.69, 9.17) is 4.74 Å². The van der Waals surface area contributed by atoms with Crippen LogP contribution in [0.5, 0.6) is 6.01 Å². The molecule has 1 aliphatic rings. The van der Waals surface area contributed by atoms with Gasteiger partial charge in [-0.15, -0.1) is 0 Å². The highest BCUT2D eigenvalue weighted by Gasteiger charge is 2.26. The first-order valence-electron chi connectivity index (χ1n) is 8.64. The van der Waals surface area contributed by atoms with E-state index in [1.54, 1.807) is 47.6 Å². The fourth-order valence-electron chi connectivity index (χ4n) is 2.90. The topological polar surface area (TPSA) is 89.5 Å². The molecule has 1 saturated heterocycles. The predicted molar refractivity (Wildman–Crippen MR) is 103 cm³/mol. The number of aromatic nitrogens is 2. The number of hydrogen-bond donors (Lipinski definition) is 0. The number of amides is 1. The highest BCUT2D eigenvalue weighted by molar-refractivity contribution is 9.10. The maximum absolute atomic E-state index is 12.5. The number of carbonyl (C=O) groups is 1. The highest BCUT2D eigenvalue weighted by atomic mass is 79.9. The Hall–Kier alpha value is -2.00. The Morgan fingerprint density at radius 3 is 2.63 bits per heavy atom. The van der Waals surface area contributed by atoms with Crippen LogP contribution in [0.2, 0.25) is 0 Å². The molecule has 1 unspecified atom stereocenters. The molecule has 1 amide bonds. The maximum atomic E-state index is 12.5. The molecule has 0 bridgehead atoms. The van der Waals surface area contributed by atoms with Crippen LogP contribution in [0, 0.1) is 0 Å². The van der Waals surface area contributed by atoms with Gasteiger partial charge in [-0.05, 0) is 40.9 Å². The molecule has 1 aromatic carbocycles. The Bertz CT molecular complexity index is 875. The summed E-state index contributed by atoms with van der Waals surface area (Å²) in [7, 11) is -3.46. The second-order valence-electron chi connectivity index (χ2n) is 6.29. The Kier molecular flexibility index (Phi) is 6.43. The zero-order valence-corrected chi connectivity index (χ0v) is 17.0. The third kappa shape index (κ3) is 5.49. The standard InChI is InChI=1S/C18H20BrN3O4S/c19-14-11-20-18(21-12-14)26-15-5-4-9-22(13-15)17(23)8-10-27(24,25)16-6-2-1-3-7-16/h1-3,6-7,11-12,15H,4-5,8-10,13H2. The molecular formula is C18H20BrN3O4S. The Morgan fingerprint density at radius 1 is 1.22 bits per heavy atom. The number of ether oxygens (including phenoxy) is 1. The zero-order valence-electron chi connectivity index (χ0n) is 14.6. The van der Waals surface area contributed by atoms with Gasteiger partial charge >= 0.3 is 6.01 Å². The number of rotatable bonds is 6. The van der Waals surface area contributed by atoms with Crippen LogP contribution in [0.25, 0.3) is 0 Å². The molecule has 144 valence electrons. The SMILES string of the molecule is O=C(CCS(=O)(=O)c1ccccc1)N1CCCC(Oc2ncc(Br)cn2)C1. The molecule has 0 radical (unpaired) electrons. The van der Waals surface area contributed by atoms with Crippen LogP contribution in [0.15, 0.2) is 52.1 Å². The Labute approximate surface area is 166 Å². The predicted octanol–water partition coefficient (Wildman–Crippen LogP) is 2.47. The van der Waals surface area contributed by atoms with Crippen molar-refractivity contribution in [3.05, 3.63) is 47.2 Å². The summed E-state index contributed by atoms with van der Waals surface area (Å²) in [6, 6.07) is 8.46. The normalized spacial score (nSPS) is 17.5. The van der Waals surface area contributed by atoms with Gasteiger partial charge in [0.05, 0.1) is 21.7 Å². The molecule has 27 heavy (non-hydrogen) atoms. The van der Waals surface area contributed by atoms with Crippen LogP contribution in [0.1, 0.15) is 19.3 Å². The highest BCUT2D eigenvalue weighted by Crippen LogP contribution is 2.18. The number of carbonyl (C=O) groups excluding carboxylic acids is 1. The second kappa shape index (κ2) is 8.79. The van der Waals surface area contributed by atoms with Crippen molar-refractivity contribution in [1.82, 2.24) is 14.9 Å². The minimum absolute atomic E-state index is 0.0429. The van der Waals surface area contributed by atoms with Crippen molar-refractivity contribution in [3.63, 3.8) is 0 Å². The number of halogens is 1. The quantitative estimate of drug-likeness (QED) is 0.667. The van der Waals surface area contributed by atoms with Crippen LogP contribution < -0.4 is 4.74 Å². The molecule has 0 saturated carbocycles. The molecule has 1 fully saturated rings. The average molecular weight is 454 g/mol. The van der Waals surface area contributed by atoms with E-state index in [1.165, 1.54) is 0 Å². The summed E-state index contributed by atoms with van der Waals surface area (Å²) in [4.78, 5) is 22.6. The van der Waals surface area contributed by atoms with E-state index in [-0.39, 0.29) is 35.1 Å². The lowest BCUT2D eigenvalue weighted by Crippen LogP contribution is -2.44. The van der Waals surface area contributed by atoms with Gasteiger partial charge in [-0.25, -0.2) is 18.4 Å². The number of hydrogen-bond acceptors (Lipinski definition) is 6. The van der Waals surface area contributed by atoms with Crippen molar-refractivity contribution in [2.45, 2.75) is 30.3 Å². The van der Waals surface area contributed by atoms with Gasteiger partial charge in [-0.2, -0.15) is 0 Å². The second-order valence-corrected chi connectivity index (χ2v) is 9.31.